The van der Waals surface area contributed by atoms with E-state index in [1.165, 1.54) is 6.39 Å². The fraction of sp³-hybridized carbons (Fsp3) is 0.357. The van der Waals surface area contributed by atoms with Crippen LogP contribution in [0.25, 0.3) is 11.5 Å². The van der Waals surface area contributed by atoms with E-state index in [0.717, 1.165) is 29.7 Å². The summed E-state index contributed by atoms with van der Waals surface area (Å²) in [5.41, 5.74) is 7.99. The zero-order chi connectivity index (χ0) is 14.4. The molecule has 0 aliphatic carbocycles. The molecule has 0 bridgehead atoms. The molecule has 1 aromatic carbocycles. The average molecular weight is 274 g/mol. The maximum Gasteiger partial charge on any atom is 0.247 e. The molecular formula is C14H18N4O2. The fourth-order valence-corrected chi connectivity index (χ4v) is 1.88. The van der Waals surface area contributed by atoms with Gasteiger partial charge in [-0.3, -0.25) is 4.79 Å². The number of nitrogens with zero attached hydrogens (tertiary/aromatic N) is 2. The molecule has 3 N–H and O–H groups in total. The lowest BCUT2D eigenvalue weighted by atomic mass is 10.1. The third kappa shape index (κ3) is 3.64. The summed E-state index contributed by atoms with van der Waals surface area (Å²) in [5, 5.41) is 10.4. The number of nitrogens with two attached hydrogens (primary N) is 1. The third-order valence-corrected chi connectivity index (χ3v) is 2.97. The van der Waals surface area contributed by atoms with Crippen LogP contribution in [0.4, 0.5) is 5.69 Å². The molecule has 106 valence electrons. The first kappa shape index (κ1) is 14.2. The number of carbonyl (C=O) groups is 1. The van der Waals surface area contributed by atoms with Crippen molar-refractivity contribution in [1.29, 1.82) is 0 Å². The standard InChI is InChI=1S/C14H18N4O2/c1-10-8-11(14-18-16-9-20-14)5-6-12(10)17-13(19)4-2-3-7-15/h5-6,8-9H,2-4,7,15H2,1H3,(H,17,19). The van der Waals surface area contributed by atoms with Gasteiger partial charge in [0.05, 0.1) is 0 Å². The highest BCUT2D eigenvalue weighted by atomic mass is 16.4. The lowest BCUT2D eigenvalue weighted by Gasteiger charge is -2.09. The van der Waals surface area contributed by atoms with E-state index in [4.69, 9.17) is 10.2 Å². The lowest BCUT2D eigenvalue weighted by molar-refractivity contribution is -0.116. The van der Waals surface area contributed by atoms with Gasteiger partial charge in [-0.15, -0.1) is 10.2 Å². The number of carbonyl (C=O) groups excluding carboxylic acids is 1. The molecule has 1 amide bonds. The second-order valence-corrected chi connectivity index (χ2v) is 4.57. The molecule has 2 aromatic rings. The molecule has 0 saturated carbocycles. The Morgan fingerprint density at radius 3 is 2.90 bits per heavy atom. The van der Waals surface area contributed by atoms with E-state index in [1.807, 2.05) is 25.1 Å². The molecular weight excluding hydrogens is 256 g/mol. The number of hydrogen-bond acceptors (Lipinski definition) is 5. The molecule has 0 radical (unpaired) electrons. The van der Waals surface area contributed by atoms with Crippen LogP contribution >= 0.6 is 0 Å². The summed E-state index contributed by atoms with van der Waals surface area (Å²) < 4.78 is 5.14. The molecule has 0 unspecified atom stereocenters. The molecule has 0 aliphatic rings. The minimum absolute atomic E-state index is 0.00657. The van der Waals surface area contributed by atoms with Gasteiger partial charge < -0.3 is 15.5 Å². The number of aryl methyl sites for hydroxylation is 1. The van der Waals surface area contributed by atoms with E-state index in [1.54, 1.807) is 0 Å². The number of benzene rings is 1. The van der Waals surface area contributed by atoms with Crippen LogP contribution in [0.5, 0.6) is 0 Å². The van der Waals surface area contributed by atoms with E-state index in [2.05, 4.69) is 15.5 Å². The van der Waals surface area contributed by atoms with Crippen molar-refractivity contribution < 1.29 is 9.21 Å². The van der Waals surface area contributed by atoms with Gasteiger partial charge in [-0.1, -0.05) is 0 Å². The highest BCUT2D eigenvalue weighted by Gasteiger charge is 2.08. The van der Waals surface area contributed by atoms with Gasteiger partial charge in [-0.25, -0.2) is 0 Å². The van der Waals surface area contributed by atoms with Crippen LogP contribution in [0.15, 0.2) is 29.0 Å². The molecule has 2 rings (SSSR count). The monoisotopic (exact) mass is 274 g/mol. The Morgan fingerprint density at radius 2 is 2.25 bits per heavy atom. The zero-order valence-corrected chi connectivity index (χ0v) is 11.4. The smallest absolute Gasteiger partial charge is 0.247 e. The third-order valence-electron chi connectivity index (χ3n) is 2.97. The van der Waals surface area contributed by atoms with Crippen LogP contribution in [0.2, 0.25) is 0 Å². The molecule has 0 aliphatic heterocycles. The summed E-state index contributed by atoms with van der Waals surface area (Å²) in [6, 6.07) is 5.59. The Bertz CT molecular complexity index is 567. The van der Waals surface area contributed by atoms with Crippen LogP contribution in [0.3, 0.4) is 0 Å². The zero-order valence-electron chi connectivity index (χ0n) is 11.4. The quantitative estimate of drug-likeness (QED) is 0.787. The van der Waals surface area contributed by atoms with Crippen molar-refractivity contribution in [3.05, 3.63) is 30.2 Å². The van der Waals surface area contributed by atoms with Gasteiger partial charge >= 0.3 is 0 Å². The van der Waals surface area contributed by atoms with Crippen molar-refractivity contribution in [2.24, 2.45) is 5.73 Å². The Labute approximate surface area is 117 Å². The first-order valence-electron chi connectivity index (χ1n) is 6.58. The maximum atomic E-state index is 11.8. The molecule has 6 heteroatoms. The summed E-state index contributed by atoms with van der Waals surface area (Å²) in [4.78, 5) is 11.8. The number of aromatic nitrogens is 2. The van der Waals surface area contributed by atoms with Gasteiger partial charge in [0.2, 0.25) is 18.2 Å². The summed E-state index contributed by atoms with van der Waals surface area (Å²) in [7, 11) is 0. The largest absolute Gasteiger partial charge is 0.423 e. The van der Waals surface area contributed by atoms with Crippen molar-refractivity contribution in [2.75, 3.05) is 11.9 Å². The van der Waals surface area contributed by atoms with E-state index < -0.39 is 0 Å². The maximum absolute atomic E-state index is 11.8. The fourth-order valence-electron chi connectivity index (χ4n) is 1.88. The van der Waals surface area contributed by atoms with Gasteiger partial charge in [0, 0.05) is 17.7 Å². The predicted octanol–water partition coefficient (Wildman–Crippen LogP) is 2.11. The van der Waals surface area contributed by atoms with Crippen molar-refractivity contribution in [3.63, 3.8) is 0 Å². The molecule has 0 saturated heterocycles. The van der Waals surface area contributed by atoms with Crippen molar-refractivity contribution in [3.8, 4) is 11.5 Å². The molecule has 6 nitrogen and oxygen atoms in total. The lowest BCUT2D eigenvalue weighted by Crippen LogP contribution is -2.12. The summed E-state index contributed by atoms with van der Waals surface area (Å²) in [6.45, 7) is 2.54. The number of amides is 1. The molecule has 0 spiro atoms. The van der Waals surface area contributed by atoms with Gasteiger partial charge in [-0.2, -0.15) is 0 Å². The van der Waals surface area contributed by atoms with Crippen molar-refractivity contribution >= 4 is 11.6 Å². The Kier molecular flexibility index (Phi) is 4.84. The van der Waals surface area contributed by atoms with E-state index in [9.17, 15) is 4.79 Å². The predicted molar refractivity (Wildman–Crippen MR) is 76.0 cm³/mol. The highest BCUT2D eigenvalue weighted by Crippen LogP contribution is 2.23. The number of nitrogens with one attached hydrogen (secondary N) is 1. The number of unbranched alkanes of at least 4 members (excludes halogenated alkanes) is 1. The molecule has 20 heavy (non-hydrogen) atoms. The minimum atomic E-state index is 0.00657. The minimum Gasteiger partial charge on any atom is -0.423 e. The molecule has 0 atom stereocenters. The Balaban J connectivity index is 2.01. The van der Waals surface area contributed by atoms with Gasteiger partial charge in [0.25, 0.3) is 0 Å². The number of anilines is 1. The topological polar surface area (TPSA) is 94.0 Å². The van der Waals surface area contributed by atoms with Crippen LogP contribution in [-0.4, -0.2) is 22.6 Å². The van der Waals surface area contributed by atoms with Crippen molar-refractivity contribution in [2.45, 2.75) is 26.2 Å². The number of rotatable bonds is 6. The molecule has 1 heterocycles. The number of hydrogen-bond donors (Lipinski definition) is 2. The highest BCUT2D eigenvalue weighted by molar-refractivity contribution is 5.91. The molecule has 1 aromatic heterocycles. The Morgan fingerprint density at radius 1 is 1.40 bits per heavy atom. The van der Waals surface area contributed by atoms with Gasteiger partial charge in [0.1, 0.15) is 0 Å². The van der Waals surface area contributed by atoms with E-state index in [0.29, 0.717) is 18.9 Å². The first-order chi connectivity index (χ1) is 9.70. The van der Waals surface area contributed by atoms with Gasteiger partial charge in [-0.05, 0) is 50.1 Å². The average Bonchev–Trinajstić information content (AvgIpc) is 2.95. The van der Waals surface area contributed by atoms with Crippen LogP contribution in [0, 0.1) is 6.92 Å². The first-order valence-corrected chi connectivity index (χ1v) is 6.58. The van der Waals surface area contributed by atoms with E-state index in [-0.39, 0.29) is 5.91 Å². The summed E-state index contributed by atoms with van der Waals surface area (Å²) >= 11 is 0. The molecule has 0 fully saturated rings. The second kappa shape index (κ2) is 6.81. The van der Waals surface area contributed by atoms with Crippen LogP contribution in [-0.2, 0) is 4.79 Å². The summed E-state index contributed by atoms with van der Waals surface area (Å²) in [5.74, 6) is 0.473. The normalized spacial score (nSPS) is 10.5. The van der Waals surface area contributed by atoms with Gasteiger partial charge in [0.15, 0.2) is 0 Å². The van der Waals surface area contributed by atoms with E-state index >= 15 is 0 Å². The van der Waals surface area contributed by atoms with Crippen LogP contribution in [0.1, 0.15) is 24.8 Å². The SMILES string of the molecule is Cc1cc(-c2nnco2)ccc1NC(=O)CCCCN. The summed E-state index contributed by atoms with van der Waals surface area (Å²) in [6.07, 6.45) is 3.45. The van der Waals surface area contributed by atoms with Crippen LogP contribution < -0.4 is 11.1 Å². The second-order valence-electron chi connectivity index (χ2n) is 4.57. The Hall–Kier alpha value is -2.21. The van der Waals surface area contributed by atoms with Crippen molar-refractivity contribution in [1.82, 2.24) is 10.2 Å².